The van der Waals surface area contributed by atoms with Crippen LogP contribution in [0, 0.1) is 6.92 Å². The molecule has 0 saturated carbocycles. The molecule has 7 heteroatoms. The van der Waals surface area contributed by atoms with Crippen LogP contribution in [0.3, 0.4) is 0 Å². The zero-order valence-corrected chi connectivity index (χ0v) is 7.72. The first-order valence-electron chi connectivity index (χ1n) is 3.93. The van der Waals surface area contributed by atoms with E-state index in [1.165, 1.54) is 4.68 Å². The molecule has 14 heavy (non-hydrogen) atoms. The summed E-state index contributed by atoms with van der Waals surface area (Å²) in [6, 6.07) is 0. The van der Waals surface area contributed by atoms with Crippen molar-refractivity contribution < 1.29 is 0 Å². The van der Waals surface area contributed by atoms with Gasteiger partial charge in [0.25, 0.3) is 0 Å². The van der Waals surface area contributed by atoms with E-state index in [0.717, 1.165) is 0 Å². The number of rotatable bonds is 0. The molecular weight excluding hydrogens is 184 g/mol. The zero-order valence-electron chi connectivity index (χ0n) is 7.72. The largest absolute Gasteiger partial charge is 0.368 e. The smallest absolute Gasteiger partial charge is 0.304 e. The molecule has 2 heterocycles. The van der Waals surface area contributed by atoms with Crippen LogP contribution in [0.25, 0.3) is 11.5 Å². The molecule has 0 atom stereocenters. The topological polar surface area (TPSA) is 99.6 Å². The molecule has 0 aromatic rings. The fourth-order valence-corrected chi connectivity index (χ4v) is 1.05. The Morgan fingerprint density at radius 2 is 2.00 bits per heavy atom. The molecule has 2 N–H and O–H groups in total. The number of hydrogen-bond donors (Lipinski definition) is 1. The third-order valence-corrected chi connectivity index (χ3v) is 1.84. The predicted octanol–water partition coefficient (Wildman–Crippen LogP) is -1.04. The molecule has 0 aromatic heterocycles. The van der Waals surface area contributed by atoms with E-state index in [0.29, 0.717) is 5.82 Å². The van der Waals surface area contributed by atoms with Crippen molar-refractivity contribution in [3.8, 4) is 11.5 Å². The van der Waals surface area contributed by atoms with Crippen molar-refractivity contribution in [3.63, 3.8) is 0 Å². The molecule has 0 radical (unpaired) electrons. The third kappa shape index (κ3) is 1.18. The fraction of sp³-hybridized carbons (Fsp3) is 0.286. The molecule has 2 aliphatic rings. The summed E-state index contributed by atoms with van der Waals surface area (Å²) in [5.41, 5.74) is 4.94. The second-order valence-electron chi connectivity index (χ2n) is 2.84. The van der Waals surface area contributed by atoms with Gasteiger partial charge in [0.1, 0.15) is 5.82 Å². The second kappa shape index (κ2) is 2.72. The van der Waals surface area contributed by atoms with Gasteiger partial charge in [-0.1, -0.05) is 0 Å². The predicted molar refractivity (Wildman–Crippen MR) is 48.6 cm³/mol. The van der Waals surface area contributed by atoms with Gasteiger partial charge in [0, 0.05) is 7.05 Å². The summed E-state index contributed by atoms with van der Waals surface area (Å²) in [6.07, 6.45) is 0. The fourth-order valence-electron chi connectivity index (χ4n) is 1.05. The number of aryl methyl sites for hydroxylation is 2. The van der Waals surface area contributed by atoms with Crippen molar-refractivity contribution in [2.45, 2.75) is 6.92 Å². The Kier molecular flexibility index (Phi) is 1.66. The first kappa shape index (κ1) is 8.54. The number of hydrogen-bond acceptors (Lipinski definition) is 6. The summed E-state index contributed by atoms with van der Waals surface area (Å²) in [5.74, 6) is 0.804. The van der Waals surface area contributed by atoms with Crippen LogP contribution in [0.5, 0.6) is 0 Å². The van der Waals surface area contributed by atoms with E-state index in [4.69, 9.17) is 5.73 Å². The minimum Gasteiger partial charge on any atom is -0.368 e. The molecule has 0 saturated heterocycles. The monoisotopic (exact) mass is 192 g/mol. The summed E-state index contributed by atoms with van der Waals surface area (Å²) in [7, 11) is 1.69. The number of anilines is 1. The molecule has 0 amide bonds. The zero-order chi connectivity index (χ0) is 10.3. The lowest BCUT2D eigenvalue weighted by Gasteiger charge is -2.06. The first-order valence-corrected chi connectivity index (χ1v) is 3.93. The van der Waals surface area contributed by atoms with Gasteiger partial charge in [-0.25, -0.2) is 4.98 Å². The Morgan fingerprint density at radius 3 is 2.71 bits per heavy atom. The number of nitrogen functional groups attached to an aromatic ring is 1. The Balaban J connectivity index is 2.89. The summed E-state index contributed by atoms with van der Waals surface area (Å²) in [5, 5.41) is 3.98. The van der Waals surface area contributed by atoms with Crippen molar-refractivity contribution in [2.24, 2.45) is 7.05 Å². The first-order chi connectivity index (χ1) is 6.58. The number of fused-ring (bicyclic) bond motifs is 1. The van der Waals surface area contributed by atoms with Crippen molar-refractivity contribution in [2.75, 3.05) is 5.73 Å². The summed E-state index contributed by atoms with van der Waals surface area (Å²) in [6.45, 7) is 1.76. The Morgan fingerprint density at radius 1 is 1.29 bits per heavy atom. The van der Waals surface area contributed by atoms with Gasteiger partial charge in [-0.05, 0) is 6.92 Å². The van der Waals surface area contributed by atoms with E-state index in [9.17, 15) is 4.79 Å². The van der Waals surface area contributed by atoms with Crippen LogP contribution < -0.4 is 11.3 Å². The maximum Gasteiger partial charge on any atom is 0.304 e. The standard InChI is InChI=1S/C7H8N6O/c1-3-9-5-4(12-13(3)2)6(14)11-7(8)10-5/h1-2H3,(H2,8,11,14). The molecule has 0 aromatic carbocycles. The summed E-state index contributed by atoms with van der Waals surface area (Å²) < 4.78 is 1.49. The molecule has 0 unspecified atom stereocenters. The van der Waals surface area contributed by atoms with Crippen molar-refractivity contribution >= 4 is 5.95 Å². The maximum absolute atomic E-state index is 11.3. The second-order valence-corrected chi connectivity index (χ2v) is 2.84. The number of nitrogens with zero attached hydrogens (tertiary/aromatic N) is 5. The normalized spacial score (nSPS) is 10.7. The van der Waals surface area contributed by atoms with E-state index in [1.54, 1.807) is 14.0 Å². The highest BCUT2D eigenvalue weighted by atomic mass is 16.1. The van der Waals surface area contributed by atoms with Crippen molar-refractivity contribution in [1.82, 2.24) is 24.7 Å². The van der Waals surface area contributed by atoms with E-state index in [2.05, 4.69) is 20.1 Å². The molecular formula is C7H8N6O. The molecule has 7 nitrogen and oxygen atoms in total. The van der Waals surface area contributed by atoms with Gasteiger partial charge in [0.2, 0.25) is 5.95 Å². The summed E-state index contributed by atoms with van der Waals surface area (Å²) in [4.78, 5) is 22.7. The van der Waals surface area contributed by atoms with E-state index in [-0.39, 0.29) is 17.5 Å². The van der Waals surface area contributed by atoms with Crippen LogP contribution in [-0.2, 0) is 7.05 Å². The third-order valence-electron chi connectivity index (χ3n) is 1.84. The molecule has 0 fully saturated rings. The van der Waals surface area contributed by atoms with Gasteiger partial charge >= 0.3 is 5.56 Å². The highest BCUT2D eigenvalue weighted by Gasteiger charge is 2.14. The number of nitrogens with two attached hydrogens (primary N) is 1. The van der Waals surface area contributed by atoms with Crippen LogP contribution in [-0.4, -0.2) is 24.7 Å². The van der Waals surface area contributed by atoms with Gasteiger partial charge < -0.3 is 5.73 Å². The molecule has 0 aliphatic carbocycles. The van der Waals surface area contributed by atoms with E-state index in [1.807, 2.05) is 0 Å². The Bertz CT molecular complexity index is 519. The van der Waals surface area contributed by atoms with Gasteiger partial charge in [0.15, 0.2) is 11.5 Å². The van der Waals surface area contributed by atoms with Crippen LogP contribution >= 0.6 is 0 Å². The Labute approximate surface area is 79.0 Å². The maximum atomic E-state index is 11.3. The molecule has 2 rings (SSSR count). The van der Waals surface area contributed by atoms with Gasteiger partial charge in [-0.2, -0.15) is 15.1 Å². The van der Waals surface area contributed by atoms with Gasteiger partial charge in [-0.3, -0.25) is 9.48 Å². The quantitative estimate of drug-likeness (QED) is 0.572. The van der Waals surface area contributed by atoms with E-state index < -0.39 is 5.56 Å². The van der Waals surface area contributed by atoms with Crippen LogP contribution in [0.15, 0.2) is 4.79 Å². The average Bonchev–Trinajstić information content (AvgIpc) is 2.08. The molecule has 0 bridgehead atoms. The SMILES string of the molecule is Cc1nc2nc(N)nc(=O)c-2nn1C. The highest BCUT2D eigenvalue weighted by Crippen LogP contribution is 2.08. The lowest BCUT2D eigenvalue weighted by atomic mass is 10.4. The molecule has 0 spiro atoms. The average molecular weight is 192 g/mol. The van der Waals surface area contributed by atoms with Crippen LogP contribution in [0.4, 0.5) is 5.95 Å². The Hall–Kier alpha value is -2.05. The van der Waals surface area contributed by atoms with Crippen LogP contribution in [0.2, 0.25) is 0 Å². The highest BCUT2D eigenvalue weighted by molar-refractivity contribution is 5.49. The minimum absolute atomic E-state index is 0.0787. The lowest BCUT2D eigenvalue weighted by molar-refractivity contribution is 0.671. The van der Waals surface area contributed by atoms with Crippen molar-refractivity contribution in [3.05, 3.63) is 16.2 Å². The van der Waals surface area contributed by atoms with Gasteiger partial charge in [0.05, 0.1) is 0 Å². The minimum atomic E-state index is -0.504. The number of aromatic nitrogens is 5. The summed E-state index contributed by atoms with van der Waals surface area (Å²) >= 11 is 0. The van der Waals surface area contributed by atoms with E-state index >= 15 is 0 Å². The van der Waals surface area contributed by atoms with Crippen LogP contribution in [0.1, 0.15) is 5.82 Å². The van der Waals surface area contributed by atoms with Crippen molar-refractivity contribution in [1.29, 1.82) is 0 Å². The molecule has 2 aliphatic heterocycles. The molecule has 72 valence electrons. The lowest BCUT2D eigenvalue weighted by Crippen LogP contribution is -2.21. The van der Waals surface area contributed by atoms with Gasteiger partial charge in [-0.15, -0.1) is 0 Å².